The number of urea groups is 1. The maximum absolute atomic E-state index is 13.0. The van der Waals surface area contributed by atoms with Crippen molar-refractivity contribution in [1.29, 1.82) is 0 Å². The number of H-pyrrole nitrogens is 1. The molecule has 8 heteroatoms. The molecule has 3 aromatic carbocycles. The highest BCUT2D eigenvalue weighted by Gasteiger charge is 2.11. The molecule has 0 bridgehead atoms. The lowest BCUT2D eigenvalue weighted by Gasteiger charge is -2.09. The summed E-state index contributed by atoms with van der Waals surface area (Å²) in [7, 11) is 0. The van der Waals surface area contributed by atoms with Gasteiger partial charge in [-0.05, 0) is 42.0 Å². The van der Waals surface area contributed by atoms with Crippen molar-refractivity contribution in [2.75, 3.05) is 5.32 Å². The van der Waals surface area contributed by atoms with Gasteiger partial charge in [0.25, 0.3) is 0 Å². The normalized spacial score (nSPS) is 10.7. The Hall–Kier alpha value is -3.58. The predicted molar refractivity (Wildman–Crippen MR) is 114 cm³/mol. The molecule has 1 heterocycles. The summed E-state index contributed by atoms with van der Waals surface area (Å²) in [5.74, 6) is 0.683. The van der Waals surface area contributed by atoms with Crippen LogP contribution in [0.4, 0.5) is 15.0 Å². The van der Waals surface area contributed by atoms with Crippen LogP contribution in [0.1, 0.15) is 11.1 Å². The molecule has 0 aliphatic carbocycles. The molecular weight excluding hydrogens is 407 g/mol. The third-order valence-electron chi connectivity index (χ3n) is 4.48. The molecule has 4 aromatic rings. The molecule has 1 aromatic heterocycles. The number of hydrogen-bond donors (Lipinski definition) is 3. The van der Waals surface area contributed by atoms with Gasteiger partial charge in [-0.1, -0.05) is 41.9 Å². The zero-order chi connectivity index (χ0) is 20.9. The molecule has 0 unspecified atom stereocenters. The summed E-state index contributed by atoms with van der Waals surface area (Å²) in [4.78, 5) is 12.2. The van der Waals surface area contributed by atoms with Gasteiger partial charge in [0, 0.05) is 22.5 Å². The first-order valence-electron chi connectivity index (χ1n) is 9.22. The summed E-state index contributed by atoms with van der Waals surface area (Å²) in [6.07, 6.45) is 0. The third kappa shape index (κ3) is 4.69. The Bertz CT molecular complexity index is 1180. The second-order valence-electron chi connectivity index (χ2n) is 6.59. The molecule has 2 amide bonds. The minimum absolute atomic E-state index is 0.265. The first-order valence-corrected chi connectivity index (χ1v) is 9.60. The molecule has 0 saturated carbocycles. The lowest BCUT2D eigenvalue weighted by Crippen LogP contribution is -2.28. The molecule has 30 heavy (non-hydrogen) atoms. The Morgan fingerprint density at radius 2 is 1.90 bits per heavy atom. The molecule has 3 N–H and O–H groups in total. The van der Waals surface area contributed by atoms with E-state index in [4.69, 9.17) is 16.3 Å². The van der Waals surface area contributed by atoms with Crippen LogP contribution in [0.15, 0.2) is 66.7 Å². The number of anilines is 1. The number of carbonyl (C=O) groups excluding carboxylic acids is 1. The number of halogens is 2. The van der Waals surface area contributed by atoms with Crippen molar-refractivity contribution in [3.63, 3.8) is 0 Å². The van der Waals surface area contributed by atoms with Gasteiger partial charge in [0.05, 0.1) is 5.52 Å². The Labute approximate surface area is 177 Å². The van der Waals surface area contributed by atoms with E-state index in [0.717, 1.165) is 16.6 Å². The molecular formula is C22H18ClFN4O2. The number of nitrogens with zero attached hydrogens (tertiary/aromatic N) is 1. The van der Waals surface area contributed by atoms with E-state index in [-0.39, 0.29) is 12.4 Å². The van der Waals surface area contributed by atoms with Gasteiger partial charge in [-0.25, -0.2) is 9.18 Å². The second kappa shape index (κ2) is 8.84. The van der Waals surface area contributed by atoms with Crippen LogP contribution >= 0.6 is 11.6 Å². The fraction of sp³-hybridized carbons (Fsp3) is 0.0909. The first kappa shape index (κ1) is 19.7. The van der Waals surface area contributed by atoms with Crippen molar-refractivity contribution in [1.82, 2.24) is 15.5 Å². The average Bonchev–Trinajstić information content (AvgIpc) is 3.15. The number of nitrogens with one attached hydrogen (secondary N) is 3. The molecule has 0 aliphatic rings. The van der Waals surface area contributed by atoms with Crippen molar-refractivity contribution in [2.45, 2.75) is 13.2 Å². The number of benzene rings is 3. The van der Waals surface area contributed by atoms with Gasteiger partial charge in [0.15, 0.2) is 5.82 Å². The van der Waals surface area contributed by atoms with E-state index >= 15 is 0 Å². The molecule has 0 spiro atoms. The van der Waals surface area contributed by atoms with E-state index in [9.17, 15) is 9.18 Å². The summed E-state index contributed by atoms with van der Waals surface area (Å²) in [5.41, 5.74) is 2.42. The zero-order valence-electron chi connectivity index (χ0n) is 15.8. The Morgan fingerprint density at radius 1 is 1.10 bits per heavy atom. The van der Waals surface area contributed by atoms with Crippen molar-refractivity contribution < 1.29 is 13.9 Å². The molecule has 0 radical (unpaired) electrons. The summed E-state index contributed by atoms with van der Waals surface area (Å²) in [6, 6.07) is 18.4. The number of aromatic nitrogens is 2. The van der Waals surface area contributed by atoms with E-state index in [1.165, 1.54) is 12.1 Å². The Balaban J connectivity index is 1.41. The fourth-order valence-corrected chi connectivity index (χ4v) is 3.08. The van der Waals surface area contributed by atoms with Crippen molar-refractivity contribution in [2.24, 2.45) is 0 Å². The van der Waals surface area contributed by atoms with Crippen LogP contribution in [0.25, 0.3) is 10.9 Å². The Morgan fingerprint density at radius 3 is 2.70 bits per heavy atom. The first-order chi connectivity index (χ1) is 14.6. The van der Waals surface area contributed by atoms with E-state index in [0.29, 0.717) is 28.6 Å². The van der Waals surface area contributed by atoms with Crippen LogP contribution in [0.5, 0.6) is 5.75 Å². The molecule has 0 saturated heterocycles. The van der Waals surface area contributed by atoms with Crippen molar-refractivity contribution >= 4 is 34.4 Å². The molecule has 152 valence electrons. The van der Waals surface area contributed by atoms with Gasteiger partial charge in [0.2, 0.25) is 0 Å². The van der Waals surface area contributed by atoms with Crippen molar-refractivity contribution in [3.8, 4) is 5.75 Å². The van der Waals surface area contributed by atoms with Gasteiger partial charge in [-0.2, -0.15) is 5.10 Å². The molecule has 0 atom stereocenters. The van der Waals surface area contributed by atoms with Gasteiger partial charge in [-0.3, -0.25) is 10.4 Å². The fourth-order valence-electron chi connectivity index (χ4n) is 2.89. The quantitative estimate of drug-likeness (QED) is 0.395. The number of fused-ring (bicyclic) bond motifs is 1. The van der Waals surface area contributed by atoms with E-state index in [1.54, 1.807) is 18.2 Å². The number of aromatic amines is 1. The van der Waals surface area contributed by atoms with Crippen LogP contribution in [0, 0.1) is 5.82 Å². The highest BCUT2D eigenvalue weighted by atomic mass is 35.5. The smallest absolute Gasteiger partial charge is 0.320 e. The molecule has 6 nitrogen and oxygen atoms in total. The maximum atomic E-state index is 13.0. The SMILES string of the molecule is O=C(NCc1ccc(F)cc1)Nc1n[nH]c2ccc(OCc3ccccc3Cl)cc12. The van der Waals surface area contributed by atoms with Gasteiger partial charge in [-0.15, -0.1) is 0 Å². The lowest BCUT2D eigenvalue weighted by molar-refractivity contribution is 0.251. The predicted octanol–water partition coefficient (Wildman–Crippen LogP) is 5.26. The number of rotatable bonds is 6. The highest BCUT2D eigenvalue weighted by molar-refractivity contribution is 6.31. The van der Waals surface area contributed by atoms with E-state index in [1.807, 2.05) is 36.4 Å². The maximum Gasteiger partial charge on any atom is 0.320 e. The largest absolute Gasteiger partial charge is 0.489 e. The van der Waals surface area contributed by atoms with Crippen LogP contribution < -0.4 is 15.4 Å². The minimum Gasteiger partial charge on any atom is -0.489 e. The van der Waals surface area contributed by atoms with Gasteiger partial charge < -0.3 is 10.1 Å². The lowest BCUT2D eigenvalue weighted by atomic mass is 10.2. The molecule has 0 fully saturated rings. The summed E-state index contributed by atoms with van der Waals surface area (Å²) >= 11 is 6.16. The standard InChI is InChI=1S/C22H18ClFN4O2/c23-19-4-2-1-3-15(19)13-30-17-9-10-20-18(11-17)21(28-27-20)26-22(29)25-12-14-5-7-16(24)8-6-14/h1-11H,12-13H2,(H3,25,26,27,28,29). The number of carbonyl (C=O) groups is 1. The van der Waals surface area contributed by atoms with Crippen LogP contribution in [-0.4, -0.2) is 16.2 Å². The van der Waals surface area contributed by atoms with Crippen LogP contribution in [-0.2, 0) is 13.2 Å². The topological polar surface area (TPSA) is 79.0 Å². The van der Waals surface area contributed by atoms with Gasteiger partial charge in [0.1, 0.15) is 18.2 Å². The molecule has 4 rings (SSSR count). The summed E-state index contributed by atoms with van der Waals surface area (Å²) in [6.45, 7) is 0.588. The second-order valence-corrected chi connectivity index (χ2v) is 7.00. The van der Waals surface area contributed by atoms with Crippen molar-refractivity contribution in [3.05, 3.63) is 88.7 Å². The van der Waals surface area contributed by atoms with Crippen LogP contribution in [0.3, 0.4) is 0 Å². The van der Waals surface area contributed by atoms with Crippen LogP contribution in [0.2, 0.25) is 5.02 Å². The highest BCUT2D eigenvalue weighted by Crippen LogP contribution is 2.26. The van der Waals surface area contributed by atoms with E-state index < -0.39 is 6.03 Å². The minimum atomic E-state index is -0.421. The third-order valence-corrected chi connectivity index (χ3v) is 4.85. The number of hydrogen-bond acceptors (Lipinski definition) is 3. The Kier molecular flexibility index (Phi) is 5.81. The monoisotopic (exact) mass is 424 g/mol. The number of amides is 2. The van der Waals surface area contributed by atoms with Gasteiger partial charge >= 0.3 is 6.03 Å². The summed E-state index contributed by atoms with van der Waals surface area (Å²) in [5, 5.41) is 13.8. The summed E-state index contributed by atoms with van der Waals surface area (Å²) < 4.78 is 18.8. The number of ether oxygens (including phenoxy) is 1. The zero-order valence-corrected chi connectivity index (χ0v) is 16.5. The molecule has 0 aliphatic heterocycles. The average molecular weight is 425 g/mol. The van der Waals surface area contributed by atoms with E-state index in [2.05, 4.69) is 20.8 Å².